The van der Waals surface area contributed by atoms with Gasteiger partial charge in [0.1, 0.15) is 11.1 Å². The van der Waals surface area contributed by atoms with Gasteiger partial charge in [0.2, 0.25) is 11.1 Å². The van der Waals surface area contributed by atoms with Crippen LogP contribution in [0.1, 0.15) is 29.9 Å². The fourth-order valence-electron chi connectivity index (χ4n) is 3.12. The standard InChI is InChI=1S/C20H20ClN5OS/c1-3-13-4-10-16(11-5-13)22-19(27)18-17(14-6-8-15(21)9-7-14)25-26-12(2)23-24-20(26)28-18/h4-11,17-18,25H,3H2,1-2H3,(H,22,27)/t17-,18+/m1/s1. The molecular formula is C20H20ClN5OS. The highest BCUT2D eigenvalue weighted by atomic mass is 35.5. The van der Waals surface area contributed by atoms with E-state index < -0.39 is 5.25 Å². The quantitative estimate of drug-likeness (QED) is 0.670. The molecule has 0 spiro atoms. The van der Waals surface area contributed by atoms with E-state index in [1.54, 1.807) is 0 Å². The van der Waals surface area contributed by atoms with Crippen molar-refractivity contribution in [2.24, 2.45) is 0 Å². The fraction of sp³-hybridized carbons (Fsp3) is 0.250. The third kappa shape index (κ3) is 3.72. The Labute approximate surface area is 172 Å². The lowest BCUT2D eigenvalue weighted by molar-refractivity contribution is -0.116. The molecule has 4 rings (SSSR count). The molecular weight excluding hydrogens is 394 g/mol. The van der Waals surface area contributed by atoms with E-state index in [2.05, 4.69) is 27.9 Å². The minimum absolute atomic E-state index is 0.0893. The van der Waals surface area contributed by atoms with Crippen molar-refractivity contribution in [1.29, 1.82) is 0 Å². The molecule has 0 bridgehead atoms. The van der Waals surface area contributed by atoms with Crippen molar-refractivity contribution in [2.45, 2.75) is 36.7 Å². The molecule has 1 amide bonds. The summed E-state index contributed by atoms with van der Waals surface area (Å²) < 4.78 is 1.82. The summed E-state index contributed by atoms with van der Waals surface area (Å²) in [5.74, 6) is 0.657. The van der Waals surface area contributed by atoms with Crippen molar-refractivity contribution in [1.82, 2.24) is 14.9 Å². The molecule has 28 heavy (non-hydrogen) atoms. The first-order valence-electron chi connectivity index (χ1n) is 9.05. The molecule has 2 aromatic carbocycles. The lowest BCUT2D eigenvalue weighted by Gasteiger charge is -2.32. The molecule has 2 heterocycles. The summed E-state index contributed by atoms with van der Waals surface area (Å²) in [5.41, 5.74) is 6.36. The third-order valence-corrected chi connectivity index (χ3v) is 6.18. The van der Waals surface area contributed by atoms with E-state index in [1.165, 1.54) is 17.3 Å². The summed E-state index contributed by atoms with van der Waals surface area (Å²) in [6.45, 7) is 3.98. The van der Waals surface area contributed by atoms with E-state index in [0.717, 1.165) is 23.5 Å². The molecule has 0 radical (unpaired) electrons. The number of anilines is 1. The highest BCUT2D eigenvalue weighted by molar-refractivity contribution is 8.00. The molecule has 0 aliphatic carbocycles. The predicted molar refractivity (Wildman–Crippen MR) is 112 cm³/mol. The largest absolute Gasteiger partial charge is 0.325 e. The molecule has 3 aromatic rings. The molecule has 0 saturated heterocycles. The van der Waals surface area contributed by atoms with E-state index in [-0.39, 0.29) is 11.9 Å². The van der Waals surface area contributed by atoms with Crippen molar-refractivity contribution in [3.05, 3.63) is 70.5 Å². The van der Waals surface area contributed by atoms with Gasteiger partial charge in [0.25, 0.3) is 0 Å². The smallest absolute Gasteiger partial charge is 0.240 e. The number of thioether (sulfide) groups is 1. The van der Waals surface area contributed by atoms with Crippen molar-refractivity contribution in [3.63, 3.8) is 0 Å². The zero-order valence-electron chi connectivity index (χ0n) is 15.5. The van der Waals surface area contributed by atoms with Crippen molar-refractivity contribution in [2.75, 3.05) is 10.7 Å². The second-order valence-corrected chi connectivity index (χ2v) is 8.15. The van der Waals surface area contributed by atoms with Crippen LogP contribution in [0.25, 0.3) is 0 Å². The van der Waals surface area contributed by atoms with Crippen molar-refractivity contribution < 1.29 is 4.79 Å². The zero-order valence-corrected chi connectivity index (χ0v) is 17.1. The molecule has 0 unspecified atom stereocenters. The Morgan fingerprint density at radius 1 is 1.18 bits per heavy atom. The SMILES string of the molecule is CCc1ccc(NC(=O)[C@H]2Sc3nnc(C)n3N[C@@H]2c2ccc(Cl)cc2)cc1. The van der Waals surface area contributed by atoms with Crippen LogP contribution in [0.15, 0.2) is 53.7 Å². The van der Waals surface area contributed by atoms with Crippen LogP contribution in [-0.2, 0) is 11.2 Å². The number of aryl methyl sites for hydroxylation is 2. The van der Waals surface area contributed by atoms with Gasteiger partial charge in [0, 0.05) is 10.7 Å². The fourth-order valence-corrected chi connectivity index (χ4v) is 4.37. The number of carbonyl (C=O) groups is 1. The summed E-state index contributed by atoms with van der Waals surface area (Å²) in [6.07, 6.45) is 0.963. The average Bonchev–Trinajstić information content (AvgIpc) is 3.08. The van der Waals surface area contributed by atoms with Crippen LogP contribution >= 0.6 is 23.4 Å². The van der Waals surface area contributed by atoms with E-state index in [9.17, 15) is 4.79 Å². The summed E-state index contributed by atoms with van der Waals surface area (Å²) in [5, 5.41) is 12.2. The number of amides is 1. The van der Waals surface area contributed by atoms with Gasteiger partial charge in [0.15, 0.2) is 0 Å². The lowest BCUT2D eigenvalue weighted by Crippen LogP contribution is -2.41. The first-order valence-corrected chi connectivity index (χ1v) is 10.3. The molecule has 2 N–H and O–H groups in total. The minimum Gasteiger partial charge on any atom is -0.325 e. The Bertz CT molecular complexity index is 987. The zero-order chi connectivity index (χ0) is 19.7. The molecule has 0 fully saturated rings. The number of nitrogens with one attached hydrogen (secondary N) is 2. The molecule has 1 aliphatic heterocycles. The molecule has 8 heteroatoms. The van der Waals surface area contributed by atoms with E-state index in [0.29, 0.717) is 10.2 Å². The summed E-state index contributed by atoms with van der Waals surface area (Å²) in [7, 11) is 0. The average molecular weight is 414 g/mol. The van der Waals surface area contributed by atoms with Gasteiger partial charge in [-0.25, -0.2) is 4.68 Å². The van der Waals surface area contributed by atoms with Crippen molar-refractivity contribution >= 4 is 35.0 Å². The number of nitrogens with zero attached hydrogens (tertiary/aromatic N) is 3. The summed E-state index contributed by atoms with van der Waals surface area (Å²) >= 11 is 7.44. The highest BCUT2D eigenvalue weighted by Crippen LogP contribution is 2.37. The van der Waals surface area contributed by atoms with Crippen LogP contribution in [0, 0.1) is 6.92 Å². The molecule has 0 saturated carbocycles. The maximum absolute atomic E-state index is 13.1. The van der Waals surface area contributed by atoms with Crippen LogP contribution < -0.4 is 10.7 Å². The van der Waals surface area contributed by atoms with E-state index >= 15 is 0 Å². The van der Waals surface area contributed by atoms with E-state index in [1.807, 2.05) is 60.1 Å². The van der Waals surface area contributed by atoms with Crippen LogP contribution in [0.2, 0.25) is 5.02 Å². The Hall–Kier alpha value is -2.51. The normalized spacial score (nSPS) is 18.2. The van der Waals surface area contributed by atoms with Gasteiger partial charge in [-0.1, -0.05) is 54.6 Å². The number of carbonyl (C=O) groups excluding carboxylic acids is 1. The number of benzene rings is 2. The Morgan fingerprint density at radius 3 is 2.57 bits per heavy atom. The molecule has 6 nitrogen and oxygen atoms in total. The number of aromatic nitrogens is 3. The number of fused-ring (bicyclic) bond motifs is 1. The van der Waals surface area contributed by atoms with Crippen LogP contribution in [0.3, 0.4) is 0 Å². The maximum atomic E-state index is 13.1. The Morgan fingerprint density at radius 2 is 1.89 bits per heavy atom. The number of rotatable bonds is 4. The monoisotopic (exact) mass is 413 g/mol. The first kappa shape index (κ1) is 18.8. The Balaban J connectivity index is 1.62. The predicted octanol–water partition coefficient (Wildman–Crippen LogP) is 4.20. The van der Waals surface area contributed by atoms with Crippen molar-refractivity contribution in [3.8, 4) is 0 Å². The number of halogens is 1. The minimum atomic E-state index is -0.414. The number of hydrogen-bond acceptors (Lipinski definition) is 5. The highest BCUT2D eigenvalue weighted by Gasteiger charge is 2.37. The first-order chi connectivity index (χ1) is 13.5. The topological polar surface area (TPSA) is 71.8 Å². The van der Waals surface area contributed by atoms with Gasteiger partial charge in [-0.05, 0) is 48.7 Å². The summed E-state index contributed by atoms with van der Waals surface area (Å²) in [6, 6.07) is 15.2. The van der Waals surface area contributed by atoms with Crippen LogP contribution in [0.4, 0.5) is 5.69 Å². The molecule has 144 valence electrons. The summed E-state index contributed by atoms with van der Waals surface area (Å²) in [4.78, 5) is 13.1. The second-order valence-electron chi connectivity index (χ2n) is 6.60. The molecule has 1 aliphatic rings. The lowest BCUT2D eigenvalue weighted by atomic mass is 10.0. The molecule has 1 aromatic heterocycles. The van der Waals surface area contributed by atoms with Crippen LogP contribution in [-0.4, -0.2) is 26.0 Å². The third-order valence-electron chi connectivity index (χ3n) is 4.72. The van der Waals surface area contributed by atoms with Gasteiger partial charge in [-0.3, -0.25) is 4.79 Å². The van der Waals surface area contributed by atoms with Crippen LogP contribution in [0.5, 0.6) is 0 Å². The van der Waals surface area contributed by atoms with Gasteiger partial charge in [-0.15, -0.1) is 10.2 Å². The van der Waals surface area contributed by atoms with Gasteiger partial charge in [-0.2, -0.15) is 0 Å². The van der Waals surface area contributed by atoms with Gasteiger partial charge >= 0.3 is 0 Å². The van der Waals surface area contributed by atoms with Gasteiger partial charge < -0.3 is 10.7 Å². The second kappa shape index (κ2) is 7.85. The number of hydrogen-bond donors (Lipinski definition) is 2. The van der Waals surface area contributed by atoms with E-state index in [4.69, 9.17) is 11.6 Å². The van der Waals surface area contributed by atoms with Gasteiger partial charge in [0.05, 0.1) is 6.04 Å². The maximum Gasteiger partial charge on any atom is 0.240 e. The molecule has 2 atom stereocenters. The Kier molecular flexibility index (Phi) is 5.28.